The zero-order chi connectivity index (χ0) is 13.9. The quantitative estimate of drug-likeness (QED) is 0.815. The van der Waals surface area contributed by atoms with Gasteiger partial charge >= 0.3 is 5.97 Å². The zero-order valence-electron chi connectivity index (χ0n) is 11.6. The summed E-state index contributed by atoms with van der Waals surface area (Å²) in [5.41, 5.74) is 7.34. The van der Waals surface area contributed by atoms with E-state index >= 15 is 0 Å². The summed E-state index contributed by atoms with van der Waals surface area (Å²) in [6.07, 6.45) is 0. The summed E-state index contributed by atoms with van der Waals surface area (Å²) in [7, 11) is 0. The Kier molecular flexibility index (Phi) is 2.33. The highest BCUT2D eigenvalue weighted by Gasteiger charge is 2.26. The van der Waals surface area contributed by atoms with Gasteiger partial charge in [-0.25, -0.2) is 4.79 Å². The Labute approximate surface area is 112 Å². The van der Waals surface area contributed by atoms with Gasteiger partial charge in [0.2, 0.25) is 0 Å². The van der Waals surface area contributed by atoms with Gasteiger partial charge < -0.3 is 5.11 Å². The molecule has 0 unspecified atom stereocenters. The van der Waals surface area contributed by atoms with Gasteiger partial charge in [-0.05, 0) is 71.9 Å². The van der Waals surface area contributed by atoms with Gasteiger partial charge in [-0.2, -0.15) is 0 Å². The number of carboxylic acid groups (broad SMARTS) is 1. The van der Waals surface area contributed by atoms with Gasteiger partial charge in [0, 0.05) is 0 Å². The molecule has 0 atom stereocenters. The van der Waals surface area contributed by atoms with Crippen molar-refractivity contribution in [3.63, 3.8) is 0 Å². The molecule has 3 rings (SSSR count). The first-order chi connectivity index (χ1) is 8.95. The highest BCUT2D eigenvalue weighted by atomic mass is 16.4. The highest BCUT2D eigenvalue weighted by Crippen LogP contribution is 2.45. The third kappa shape index (κ3) is 1.34. The number of hydrogen-bond acceptors (Lipinski definition) is 1. The lowest BCUT2D eigenvalue weighted by molar-refractivity contribution is 0.0698. The summed E-state index contributed by atoms with van der Waals surface area (Å²) in [6, 6.07) is 5.95. The first-order valence-corrected chi connectivity index (χ1v) is 6.42. The number of hydrogen-bond donors (Lipinski definition) is 1. The van der Waals surface area contributed by atoms with E-state index in [0.29, 0.717) is 5.56 Å². The highest BCUT2D eigenvalue weighted by molar-refractivity contribution is 6.18. The van der Waals surface area contributed by atoms with Crippen LogP contribution >= 0.6 is 0 Å². The zero-order valence-corrected chi connectivity index (χ0v) is 11.6. The molecule has 0 saturated heterocycles. The lowest BCUT2D eigenvalue weighted by Gasteiger charge is -2.14. The maximum absolute atomic E-state index is 11.6. The summed E-state index contributed by atoms with van der Waals surface area (Å²) in [4.78, 5) is 11.6. The van der Waals surface area contributed by atoms with Crippen LogP contribution in [0.25, 0.3) is 21.9 Å². The molecule has 19 heavy (non-hydrogen) atoms. The van der Waals surface area contributed by atoms with Crippen LogP contribution in [0.1, 0.15) is 46.5 Å². The summed E-state index contributed by atoms with van der Waals surface area (Å²) in [5.74, 6) is -0.841. The molecule has 0 amide bonds. The molecule has 1 aliphatic rings. The van der Waals surface area contributed by atoms with Crippen molar-refractivity contribution >= 4 is 27.9 Å². The molecule has 1 aliphatic carbocycles. The fourth-order valence-corrected chi connectivity index (χ4v) is 3.24. The second kappa shape index (κ2) is 3.70. The lowest BCUT2D eigenvalue weighted by atomic mass is 9.89. The van der Waals surface area contributed by atoms with Crippen molar-refractivity contribution in [3.8, 4) is 0 Å². The van der Waals surface area contributed by atoms with Gasteiger partial charge in [-0.3, -0.25) is 0 Å². The minimum absolute atomic E-state index is 0.445. The Morgan fingerprint density at radius 2 is 1.68 bits per heavy atom. The molecular formula is C17H16O2. The van der Waals surface area contributed by atoms with Crippen molar-refractivity contribution in [2.45, 2.75) is 27.7 Å². The van der Waals surface area contributed by atoms with E-state index in [2.05, 4.69) is 19.9 Å². The van der Waals surface area contributed by atoms with E-state index in [0.717, 1.165) is 21.9 Å². The smallest absolute Gasteiger partial charge is 0.336 e. The third-order valence-corrected chi connectivity index (χ3v) is 4.45. The van der Waals surface area contributed by atoms with Gasteiger partial charge in [0.15, 0.2) is 0 Å². The van der Waals surface area contributed by atoms with Crippen molar-refractivity contribution in [1.82, 2.24) is 0 Å². The van der Waals surface area contributed by atoms with Crippen LogP contribution in [-0.2, 0) is 0 Å². The average Bonchev–Trinajstić information content (AvgIpc) is 2.62. The van der Waals surface area contributed by atoms with Crippen molar-refractivity contribution in [2.24, 2.45) is 0 Å². The Morgan fingerprint density at radius 1 is 1.00 bits per heavy atom. The molecule has 0 heterocycles. The molecule has 0 fully saturated rings. The van der Waals surface area contributed by atoms with Crippen LogP contribution in [0.3, 0.4) is 0 Å². The number of rotatable bonds is 1. The molecule has 2 aromatic rings. The van der Waals surface area contributed by atoms with Crippen LogP contribution in [-0.4, -0.2) is 11.1 Å². The first kappa shape index (κ1) is 12.0. The van der Waals surface area contributed by atoms with E-state index in [1.807, 2.05) is 26.0 Å². The molecule has 0 aromatic heterocycles. The molecular weight excluding hydrogens is 236 g/mol. The van der Waals surface area contributed by atoms with Crippen molar-refractivity contribution in [2.75, 3.05) is 0 Å². The van der Waals surface area contributed by atoms with Crippen molar-refractivity contribution < 1.29 is 9.90 Å². The van der Waals surface area contributed by atoms with Crippen molar-refractivity contribution in [1.29, 1.82) is 0 Å². The van der Waals surface area contributed by atoms with Gasteiger partial charge in [-0.1, -0.05) is 18.2 Å². The van der Waals surface area contributed by atoms with Crippen LogP contribution in [0.15, 0.2) is 18.2 Å². The lowest BCUT2D eigenvalue weighted by Crippen LogP contribution is -2.05. The van der Waals surface area contributed by atoms with E-state index in [4.69, 9.17) is 0 Å². The van der Waals surface area contributed by atoms with Crippen LogP contribution < -0.4 is 0 Å². The number of carboxylic acids is 1. The summed E-state index contributed by atoms with van der Waals surface area (Å²) in [6.45, 7) is 8.16. The molecule has 96 valence electrons. The van der Waals surface area contributed by atoms with E-state index in [-0.39, 0.29) is 0 Å². The van der Waals surface area contributed by atoms with E-state index in [1.54, 1.807) is 0 Å². The Balaban J connectivity index is 2.63. The minimum atomic E-state index is -0.841. The first-order valence-electron chi connectivity index (χ1n) is 6.42. The topological polar surface area (TPSA) is 37.3 Å². The molecule has 0 bridgehead atoms. The maximum Gasteiger partial charge on any atom is 0.336 e. The van der Waals surface area contributed by atoms with E-state index in [1.165, 1.54) is 22.3 Å². The van der Waals surface area contributed by atoms with Crippen LogP contribution in [0.5, 0.6) is 0 Å². The van der Waals surface area contributed by atoms with E-state index < -0.39 is 5.97 Å². The van der Waals surface area contributed by atoms with Gasteiger partial charge in [-0.15, -0.1) is 0 Å². The van der Waals surface area contributed by atoms with Gasteiger partial charge in [0.25, 0.3) is 0 Å². The summed E-state index contributed by atoms with van der Waals surface area (Å²) in [5, 5.41) is 11.5. The largest absolute Gasteiger partial charge is 0.478 e. The molecule has 2 heteroatoms. The van der Waals surface area contributed by atoms with Crippen LogP contribution in [0.4, 0.5) is 0 Å². The number of carbonyl (C=O) groups is 1. The molecule has 0 saturated carbocycles. The fraction of sp³-hybridized carbons (Fsp3) is 0.235. The second-order valence-corrected chi connectivity index (χ2v) is 5.28. The predicted molar refractivity (Wildman–Crippen MR) is 78.5 cm³/mol. The van der Waals surface area contributed by atoms with Crippen LogP contribution in [0.2, 0.25) is 0 Å². The molecule has 2 nitrogen and oxygen atoms in total. The number of aromatic carboxylic acids is 1. The van der Waals surface area contributed by atoms with Crippen LogP contribution in [0, 0.1) is 13.8 Å². The fourth-order valence-electron chi connectivity index (χ4n) is 3.24. The molecule has 0 radical (unpaired) electrons. The summed E-state index contributed by atoms with van der Waals surface area (Å²) < 4.78 is 0. The minimum Gasteiger partial charge on any atom is -0.478 e. The standard InChI is InChI=1S/C17H16O2/c1-8-9(2)14-10(3)11(4)15(17(18)19)13-7-5-6-12(8)16(13)14/h5-7H,1-4H3,(H,18,19). The Bertz CT molecular complexity index is 780. The molecule has 2 aromatic carbocycles. The molecule has 0 aliphatic heterocycles. The number of allylic oxidation sites excluding steroid dienone is 2. The SMILES string of the molecule is CC1=C(C)c2c(C)c(C)c(C(=O)O)c3cccc1c23. The normalized spacial score (nSPS) is 13.5. The number of benzene rings is 2. The van der Waals surface area contributed by atoms with Gasteiger partial charge in [0.1, 0.15) is 0 Å². The summed E-state index contributed by atoms with van der Waals surface area (Å²) >= 11 is 0. The maximum atomic E-state index is 11.6. The van der Waals surface area contributed by atoms with Crippen molar-refractivity contribution in [3.05, 3.63) is 46.0 Å². The Morgan fingerprint density at radius 3 is 2.32 bits per heavy atom. The molecule has 1 N–H and O–H groups in total. The van der Waals surface area contributed by atoms with E-state index in [9.17, 15) is 9.90 Å². The predicted octanol–water partition coefficient (Wildman–Crippen LogP) is 4.42. The second-order valence-electron chi connectivity index (χ2n) is 5.28. The molecule has 0 spiro atoms. The van der Waals surface area contributed by atoms with Gasteiger partial charge in [0.05, 0.1) is 5.56 Å². The Hall–Kier alpha value is -2.09. The average molecular weight is 252 g/mol. The monoisotopic (exact) mass is 252 g/mol. The third-order valence-electron chi connectivity index (χ3n) is 4.45.